The quantitative estimate of drug-likeness (QED) is 0.210. The van der Waals surface area contributed by atoms with E-state index >= 15 is 0 Å². The van der Waals surface area contributed by atoms with Gasteiger partial charge < -0.3 is 0 Å². The van der Waals surface area contributed by atoms with Gasteiger partial charge in [0.2, 0.25) is 0 Å². The molecule has 0 saturated carbocycles. The lowest BCUT2D eigenvalue weighted by Crippen LogP contribution is -2.72. The normalized spacial score (nSPS) is 14.6. The minimum atomic E-state index is -2.45. The zero-order chi connectivity index (χ0) is 29.4. The van der Waals surface area contributed by atoms with Crippen LogP contribution < -0.4 is 31.1 Å². The van der Waals surface area contributed by atoms with Crippen molar-refractivity contribution in [3.05, 3.63) is 152 Å². The van der Waals surface area contributed by atoms with Gasteiger partial charge >= 0.3 is 0 Å². The minimum absolute atomic E-state index is 0.631. The number of nitrogens with zero attached hydrogens (tertiary/aromatic N) is 1. The summed E-state index contributed by atoms with van der Waals surface area (Å²) < 4.78 is 0. The number of rotatable bonds is 7. The molecule has 1 aliphatic rings. The molecule has 1 unspecified atom stereocenters. The third-order valence-electron chi connectivity index (χ3n) is 9.38. The molecule has 0 bridgehead atoms. The van der Waals surface area contributed by atoms with Gasteiger partial charge in [-0.2, -0.15) is 0 Å². The molecule has 0 amide bonds. The van der Waals surface area contributed by atoms with Gasteiger partial charge in [0.15, 0.2) is 8.07 Å². The highest BCUT2D eigenvalue weighted by Crippen LogP contribution is 2.31. The zero-order valence-electron chi connectivity index (χ0n) is 25.2. The van der Waals surface area contributed by atoms with E-state index in [0.29, 0.717) is 5.92 Å². The van der Waals surface area contributed by atoms with E-state index in [9.17, 15) is 0 Å². The van der Waals surface area contributed by atoms with Crippen LogP contribution in [0, 0.1) is 5.92 Å². The maximum absolute atomic E-state index is 5.13. The Labute approximate surface area is 258 Å². The Morgan fingerprint density at radius 1 is 0.581 bits per heavy atom. The highest BCUT2D eigenvalue weighted by molar-refractivity contribution is 7.22. The van der Waals surface area contributed by atoms with E-state index in [1.54, 1.807) is 0 Å². The lowest BCUT2D eigenvalue weighted by Gasteiger charge is -2.31. The molecule has 0 radical (unpaired) electrons. The molecule has 2 heterocycles. The summed E-state index contributed by atoms with van der Waals surface area (Å²) in [5.41, 5.74) is 4.92. The van der Waals surface area contributed by atoms with E-state index < -0.39 is 16.1 Å². The predicted octanol–water partition coefficient (Wildman–Crippen LogP) is 5.96. The van der Waals surface area contributed by atoms with Crippen molar-refractivity contribution in [2.45, 2.75) is 26.4 Å². The number of hydrogen-bond donors (Lipinski definition) is 0. The van der Waals surface area contributed by atoms with Crippen LogP contribution in [0.3, 0.4) is 0 Å². The highest BCUT2D eigenvalue weighted by Gasteiger charge is 2.48. The van der Waals surface area contributed by atoms with Crippen molar-refractivity contribution in [1.29, 1.82) is 0 Å². The molecule has 3 heteroatoms. The molecule has 0 spiro atoms. The van der Waals surface area contributed by atoms with Crippen molar-refractivity contribution in [3.8, 4) is 22.4 Å². The Kier molecular flexibility index (Phi) is 7.08. The monoisotopic (exact) mass is 587 g/mol. The van der Waals surface area contributed by atoms with Crippen LogP contribution in [0.15, 0.2) is 152 Å². The molecule has 0 aliphatic carbocycles. The summed E-state index contributed by atoms with van der Waals surface area (Å²) in [5.74, 6) is 0.631. The van der Waals surface area contributed by atoms with Crippen molar-refractivity contribution in [3.63, 3.8) is 0 Å². The summed E-state index contributed by atoms with van der Waals surface area (Å²) in [4.78, 5) is 5.13. The van der Waals surface area contributed by atoms with Crippen LogP contribution in [0.1, 0.15) is 13.8 Å². The SMILES string of the molecule is CC(C)C[Si](C)(c1ccccc1)c1ccc(-c2ccc3c(c2)-c2ccccc2[Si]3(c2ccccc2)c2ccccc2)nc1. The summed E-state index contributed by atoms with van der Waals surface area (Å²) in [7, 11) is -4.36. The average molecular weight is 588 g/mol. The lowest BCUT2D eigenvalue weighted by molar-refractivity contribution is 0.724. The van der Waals surface area contributed by atoms with E-state index in [0.717, 1.165) is 5.69 Å². The molecule has 0 fully saturated rings. The van der Waals surface area contributed by atoms with Crippen LogP contribution in [0.2, 0.25) is 12.6 Å². The molecule has 5 aromatic carbocycles. The van der Waals surface area contributed by atoms with Crippen LogP contribution in [-0.2, 0) is 0 Å². The Balaban J connectivity index is 1.36. The first-order chi connectivity index (χ1) is 21.0. The smallest absolute Gasteiger partial charge is 0.180 e. The largest absolute Gasteiger partial charge is 0.256 e. The third-order valence-corrected chi connectivity index (χ3v) is 19.1. The van der Waals surface area contributed by atoms with Gasteiger partial charge in [-0.05, 0) is 61.2 Å². The molecule has 43 heavy (non-hydrogen) atoms. The second kappa shape index (κ2) is 11.1. The molecule has 1 atom stereocenters. The number of fused-ring (bicyclic) bond motifs is 3. The summed E-state index contributed by atoms with van der Waals surface area (Å²) >= 11 is 0. The van der Waals surface area contributed by atoms with Gasteiger partial charge in [0.1, 0.15) is 8.07 Å². The van der Waals surface area contributed by atoms with Gasteiger partial charge in [-0.25, -0.2) is 0 Å². The Hall–Kier alpha value is -4.32. The summed E-state index contributed by atoms with van der Waals surface area (Å²) in [5, 5.41) is 8.68. The van der Waals surface area contributed by atoms with Crippen molar-refractivity contribution in [1.82, 2.24) is 4.98 Å². The molecule has 6 aromatic rings. The van der Waals surface area contributed by atoms with Crippen LogP contribution >= 0.6 is 0 Å². The minimum Gasteiger partial charge on any atom is -0.256 e. The maximum atomic E-state index is 5.13. The second-order valence-electron chi connectivity index (χ2n) is 12.5. The molecule has 7 rings (SSSR count). The molecule has 1 aromatic heterocycles. The zero-order valence-corrected chi connectivity index (χ0v) is 27.2. The van der Waals surface area contributed by atoms with Crippen molar-refractivity contribution >= 4 is 47.3 Å². The predicted molar refractivity (Wildman–Crippen MR) is 189 cm³/mol. The van der Waals surface area contributed by atoms with E-state index in [-0.39, 0.29) is 0 Å². The van der Waals surface area contributed by atoms with Crippen molar-refractivity contribution in [2.75, 3.05) is 0 Å². The summed E-state index contributed by atoms with van der Waals surface area (Å²) in [6, 6.07) is 55.5. The number of benzene rings is 5. The average Bonchev–Trinajstić information content (AvgIpc) is 3.36. The molecule has 0 saturated heterocycles. The molecule has 0 N–H and O–H groups in total. The fraction of sp³-hybridized carbons (Fsp3) is 0.125. The Morgan fingerprint density at radius 2 is 1.16 bits per heavy atom. The maximum Gasteiger partial charge on any atom is 0.180 e. The van der Waals surface area contributed by atoms with Crippen LogP contribution in [0.25, 0.3) is 22.4 Å². The fourth-order valence-electron chi connectivity index (χ4n) is 7.52. The Morgan fingerprint density at radius 3 is 1.77 bits per heavy atom. The summed E-state index contributed by atoms with van der Waals surface area (Å²) in [6.07, 6.45) is 2.17. The van der Waals surface area contributed by atoms with E-state index in [4.69, 9.17) is 4.98 Å². The van der Waals surface area contributed by atoms with Gasteiger partial charge in [0.05, 0.1) is 5.69 Å². The van der Waals surface area contributed by atoms with Gasteiger partial charge in [-0.1, -0.05) is 159 Å². The van der Waals surface area contributed by atoms with Gasteiger partial charge in [0.25, 0.3) is 0 Å². The first-order valence-electron chi connectivity index (χ1n) is 15.4. The Bertz CT molecular complexity index is 1830. The molecular weight excluding hydrogens is 551 g/mol. The fourth-order valence-corrected chi connectivity index (χ4v) is 16.9. The summed E-state index contributed by atoms with van der Waals surface area (Å²) in [6.45, 7) is 7.18. The van der Waals surface area contributed by atoms with Crippen LogP contribution in [0.5, 0.6) is 0 Å². The molecule has 1 nitrogen and oxygen atoms in total. The van der Waals surface area contributed by atoms with Crippen molar-refractivity contribution in [2.24, 2.45) is 5.92 Å². The van der Waals surface area contributed by atoms with Gasteiger partial charge in [-0.15, -0.1) is 0 Å². The van der Waals surface area contributed by atoms with E-state index in [1.807, 2.05) is 0 Å². The number of pyridine rings is 1. The standard InChI is InChI=1S/C40H37NSi2/c1-30(2)29-42(3,32-15-7-4-8-16-32)35-24-25-38(41-28-35)31-23-26-40-37(27-31)36-21-13-14-22-39(36)43(40,33-17-9-5-10-18-33)34-19-11-6-12-20-34/h4-28,30H,29H2,1-3H3. The third kappa shape index (κ3) is 4.55. The highest BCUT2D eigenvalue weighted by atomic mass is 28.3. The van der Waals surface area contributed by atoms with Crippen LogP contribution in [0.4, 0.5) is 0 Å². The number of hydrogen-bond acceptors (Lipinski definition) is 1. The first-order valence-corrected chi connectivity index (χ1v) is 20.1. The van der Waals surface area contributed by atoms with Crippen molar-refractivity contribution < 1.29 is 0 Å². The molecular formula is C40H37NSi2. The van der Waals surface area contributed by atoms with E-state index in [1.165, 1.54) is 53.9 Å². The van der Waals surface area contributed by atoms with Crippen LogP contribution in [-0.4, -0.2) is 21.1 Å². The topological polar surface area (TPSA) is 12.9 Å². The second-order valence-corrected chi connectivity index (χ2v) is 20.5. The van der Waals surface area contributed by atoms with Gasteiger partial charge in [-0.3, -0.25) is 4.98 Å². The lowest BCUT2D eigenvalue weighted by atomic mass is 10.0. The van der Waals surface area contributed by atoms with Gasteiger partial charge in [0, 0.05) is 11.8 Å². The number of aromatic nitrogens is 1. The molecule has 1 aliphatic heterocycles. The molecule has 210 valence electrons. The van der Waals surface area contributed by atoms with E-state index in [2.05, 4.69) is 172 Å². The first kappa shape index (κ1) is 27.5.